The van der Waals surface area contributed by atoms with Gasteiger partial charge in [-0.15, -0.1) is 0 Å². The Bertz CT molecular complexity index is 822. The van der Waals surface area contributed by atoms with E-state index < -0.39 is 0 Å². The molecule has 1 heterocycles. The Morgan fingerprint density at radius 2 is 1.58 bits per heavy atom. The minimum absolute atomic E-state index is 0.168. The largest absolute Gasteiger partial charge is 0.354 e. The van der Waals surface area contributed by atoms with Crippen LogP contribution in [0.1, 0.15) is 21.5 Å². The zero-order valence-corrected chi connectivity index (χ0v) is 13.7. The number of rotatable bonds is 4. The molecule has 1 aromatic heterocycles. The maximum absolute atomic E-state index is 12.1. The summed E-state index contributed by atoms with van der Waals surface area (Å²) >= 11 is 0. The molecule has 1 amide bonds. The number of pyridine rings is 1. The van der Waals surface area contributed by atoms with Gasteiger partial charge in [0.1, 0.15) is 5.82 Å². The molecule has 0 aliphatic rings. The summed E-state index contributed by atoms with van der Waals surface area (Å²) in [5.41, 5.74) is 4.93. The van der Waals surface area contributed by atoms with Crippen LogP contribution in [-0.2, 0) is 0 Å². The van der Waals surface area contributed by atoms with E-state index in [1.54, 1.807) is 24.4 Å². The highest BCUT2D eigenvalue weighted by atomic mass is 16.1. The second kappa shape index (κ2) is 6.96. The number of anilines is 3. The molecule has 0 saturated heterocycles. The number of hydrogen-bond acceptors (Lipinski definition) is 3. The molecule has 0 atom stereocenters. The molecule has 0 aliphatic heterocycles. The van der Waals surface area contributed by atoms with Crippen molar-refractivity contribution < 1.29 is 4.79 Å². The predicted octanol–water partition coefficient (Wildman–Crippen LogP) is 4.69. The number of amides is 1. The molecule has 4 nitrogen and oxygen atoms in total. The van der Waals surface area contributed by atoms with Gasteiger partial charge < -0.3 is 10.6 Å². The minimum Gasteiger partial charge on any atom is -0.354 e. The van der Waals surface area contributed by atoms with E-state index in [0.717, 1.165) is 11.4 Å². The van der Waals surface area contributed by atoms with Gasteiger partial charge in [0.25, 0.3) is 5.91 Å². The standard InChI is InChI=1S/C20H19N3O/c1-14-7-6-8-15(2)19(14)22-17-11-12-18(21-13-17)23-20(24)16-9-4-3-5-10-16/h3-13,22H,1-2H3,(H,21,23,24). The zero-order valence-electron chi connectivity index (χ0n) is 13.7. The molecule has 3 rings (SSSR count). The van der Waals surface area contributed by atoms with Crippen LogP contribution in [-0.4, -0.2) is 10.9 Å². The Labute approximate surface area is 141 Å². The number of nitrogens with zero attached hydrogens (tertiary/aromatic N) is 1. The molecule has 0 aliphatic carbocycles. The lowest BCUT2D eigenvalue weighted by Gasteiger charge is -2.12. The molecule has 3 aromatic rings. The number of aryl methyl sites for hydroxylation is 2. The maximum atomic E-state index is 12.1. The summed E-state index contributed by atoms with van der Waals surface area (Å²) in [5, 5.41) is 6.17. The van der Waals surface area contributed by atoms with Gasteiger partial charge in [-0.3, -0.25) is 4.79 Å². The Kier molecular flexibility index (Phi) is 4.57. The quantitative estimate of drug-likeness (QED) is 0.733. The number of benzene rings is 2. The average Bonchev–Trinajstić information content (AvgIpc) is 2.60. The molecule has 0 radical (unpaired) electrons. The first-order valence-corrected chi connectivity index (χ1v) is 7.79. The lowest BCUT2D eigenvalue weighted by Crippen LogP contribution is -2.12. The van der Waals surface area contributed by atoms with E-state index >= 15 is 0 Å². The highest BCUT2D eigenvalue weighted by molar-refractivity contribution is 6.03. The highest BCUT2D eigenvalue weighted by Crippen LogP contribution is 2.24. The van der Waals surface area contributed by atoms with Crippen molar-refractivity contribution >= 4 is 23.1 Å². The van der Waals surface area contributed by atoms with E-state index in [1.165, 1.54) is 11.1 Å². The number of aromatic nitrogens is 1. The molecular formula is C20H19N3O. The fourth-order valence-electron chi connectivity index (χ4n) is 2.48. The summed E-state index contributed by atoms with van der Waals surface area (Å²) in [7, 11) is 0. The van der Waals surface area contributed by atoms with Crippen molar-refractivity contribution in [2.45, 2.75) is 13.8 Å². The van der Waals surface area contributed by atoms with E-state index in [4.69, 9.17) is 0 Å². The first-order chi connectivity index (χ1) is 11.6. The van der Waals surface area contributed by atoms with Gasteiger partial charge in [0.2, 0.25) is 0 Å². The molecule has 0 spiro atoms. The van der Waals surface area contributed by atoms with E-state index in [1.807, 2.05) is 30.3 Å². The number of para-hydroxylation sites is 1. The molecule has 0 bridgehead atoms. The molecule has 24 heavy (non-hydrogen) atoms. The topological polar surface area (TPSA) is 54.0 Å². The lowest BCUT2D eigenvalue weighted by molar-refractivity contribution is 0.102. The second-order valence-corrected chi connectivity index (χ2v) is 5.64. The summed E-state index contributed by atoms with van der Waals surface area (Å²) in [5.74, 6) is 0.356. The van der Waals surface area contributed by atoms with Crippen molar-refractivity contribution in [1.29, 1.82) is 0 Å². The van der Waals surface area contributed by atoms with Crippen LogP contribution in [0.2, 0.25) is 0 Å². The molecule has 0 unspecified atom stereocenters. The number of nitrogens with one attached hydrogen (secondary N) is 2. The summed E-state index contributed by atoms with van der Waals surface area (Å²) in [6.45, 7) is 4.13. The smallest absolute Gasteiger partial charge is 0.256 e. The fraction of sp³-hybridized carbons (Fsp3) is 0.100. The molecule has 2 aromatic carbocycles. The van der Waals surface area contributed by atoms with Crippen LogP contribution in [0.4, 0.5) is 17.2 Å². The van der Waals surface area contributed by atoms with E-state index in [-0.39, 0.29) is 5.91 Å². The second-order valence-electron chi connectivity index (χ2n) is 5.64. The summed E-state index contributed by atoms with van der Waals surface area (Å²) < 4.78 is 0. The monoisotopic (exact) mass is 317 g/mol. The molecule has 0 fully saturated rings. The number of carbonyl (C=O) groups excluding carboxylic acids is 1. The van der Waals surface area contributed by atoms with Gasteiger partial charge in [0.05, 0.1) is 11.9 Å². The SMILES string of the molecule is Cc1cccc(C)c1Nc1ccc(NC(=O)c2ccccc2)nc1. The van der Waals surface area contributed by atoms with Crippen molar-refractivity contribution in [2.75, 3.05) is 10.6 Å². The minimum atomic E-state index is -0.168. The average molecular weight is 317 g/mol. The Balaban J connectivity index is 1.71. The van der Waals surface area contributed by atoms with Crippen LogP contribution >= 0.6 is 0 Å². The van der Waals surface area contributed by atoms with Gasteiger partial charge in [0, 0.05) is 11.3 Å². The first kappa shape index (κ1) is 15.7. The fourth-order valence-corrected chi connectivity index (χ4v) is 2.48. The maximum Gasteiger partial charge on any atom is 0.256 e. The van der Waals surface area contributed by atoms with E-state index in [2.05, 4.69) is 41.6 Å². The van der Waals surface area contributed by atoms with Gasteiger partial charge in [-0.05, 0) is 49.2 Å². The van der Waals surface area contributed by atoms with Gasteiger partial charge in [0.15, 0.2) is 0 Å². The molecule has 0 saturated carbocycles. The van der Waals surface area contributed by atoms with Crippen molar-refractivity contribution in [3.8, 4) is 0 Å². The van der Waals surface area contributed by atoms with Crippen molar-refractivity contribution in [1.82, 2.24) is 4.98 Å². The number of hydrogen-bond donors (Lipinski definition) is 2. The summed E-state index contributed by atoms with van der Waals surface area (Å²) in [6.07, 6.45) is 1.71. The normalized spacial score (nSPS) is 10.2. The first-order valence-electron chi connectivity index (χ1n) is 7.79. The molecule has 2 N–H and O–H groups in total. The van der Waals surface area contributed by atoms with Crippen LogP contribution in [0.5, 0.6) is 0 Å². The van der Waals surface area contributed by atoms with E-state index in [9.17, 15) is 4.79 Å². The van der Waals surface area contributed by atoms with Crippen LogP contribution in [0.25, 0.3) is 0 Å². The zero-order chi connectivity index (χ0) is 16.9. The molecule has 4 heteroatoms. The van der Waals surface area contributed by atoms with Gasteiger partial charge in [-0.2, -0.15) is 0 Å². The van der Waals surface area contributed by atoms with E-state index in [0.29, 0.717) is 11.4 Å². The van der Waals surface area contributed by atoms with Gasteiger partial charge in [-0.1, -0.05) is 36.4 Å². The Morgan fingerprint density at radius 1 is 0.875 bits per heavy atom. The summed E-state index contributed by atoms with van der Waals surface area (Å²) in [6, 6.07) is 18.9. The Hall–Kier alpha value is -3.14. The number of carbonyl (C=O) groups is 1. The van der Waals surface area contributed by atoms with Gasteiger partial charge >= 0.3 is 0 Å². The van der Waals surface area contributed by atoms with Crippen molar-refractivity contribution in [3.63, 3.8) is 0 Å². The van der Waals surface area contributed by atoms with Crippen molar-refractivity contribution in [3.05, 3.63) is 83.6 Å². The molecule has 120 valence electrons. The van der Waals surface area contributed by atoms with Crippen LogP contribution in [0.3, 0.4) is 0 Å². The van der Waals surface area contributed by atoms with Gasteiger partial charge in [-0.25, -0.2) is 4.98 Å². The predicted molar refractivity (Wildman–Crippen MR) is 97.8 cm³/mol. The Morgan fingerprint density at radius 3 is 2.21 bits per heavy atom. The van der Waals surface area contributed by atoms with Crippen LogP contribution < -0.4 is 10.6 Å². The third-order valence-electron chi connectivity index (χ3n) is 3.79. The van der Waals surface area contributed by atoms with Crippen LogP contribution in [0, 0.1) is 13.8 Å². The highest BCUT2D eigenvalue weighted by Gasteiger charge is 2.07. The van der Waals surface area contributed by atoms with Crippen LogP contribution in [0.15, 0.2) is 66.9 Å². The lowest BCUT2D eigenvalue weighted by atomic mass is 10.1. The third kappa shape index (κ3) is 3.60. The molecular weight excluding hydrogens is 298 g/mol. The summed E-state index contributed by atoms with van der Waals surface area (Å²) in [4.78, 5) is 16.4. The third-order valence-corrected chi connectivity index (χ3v) is 3.79. The van der Waals surface area contributed by atoms with Crippen molar-refractivity contribution in [2.24, 2.45) is 0 Å².